The minimum atomic E-state index is -4.34. The molecule has 0 N–H and O–H groups in total. The topological polar surface area (TPSA) is 15.6 Å². The zero-order valence-electron chi connectivity index (χ0n) is 7.47. The van der Waals surface area contributed by atoms with E-state index in [-0.39, 0.29) is 6.42 Å². The fraction of sp³-hybridized carbons (Fsp3) is 0.625. The van der Waals surface area contributed by atoms with Gasteiger partial charge < -0.3 is 0 Å². The SMILES string of the molecule is CN(C(F)(F)F)C1(C)CC=CC=N1. The van der Waals surface area contributed by atoms with Crippen molar-refractivity contribution in [3.05, 3.63) is 12.2 Å². The third-order valence-corrected chi connectivity index (χ3v) is 2.18. The summed E-state index contributed by atoms with van der Waals surface area (Å²) in [6.07, 6.45) is 0.656. The summed E-state index contributed by atoms with van der Waals surface area (Å²) in [5.74, 6) is 0. The van der Waals surface area contributed by atoms with Gasteiger partial charge in [0, 0.05) is 12.6 Å². The highest BCUT2D eigenvalue weighted by molar-refractivity contribution is 5.72. The van der Waals surface area contributed by atoms with E-state index in [0.29, 0.717) is 4.90 Å². The van der Waals surface area contributed by atoms with Crippen molar-refractivity contribution >= 4 is 6.21 Å². The molecule has 1 aliphatic rings. The van der Waals surface area contributed by atoms with Crippen molar-refractivity contribution in [1.29, 1.82) is 0 Å². The first-order valence-corrected chi connectivity index (χ1v) is 3.87. The lowest BCUT2D eigenvalue weighted by Crippen LogP contribution is -2.50. The van der Waals surface area contributed by atoms with E-state index in [2.05, 4.69) is 4.99 Å². The monoisotopic (exact) mass is 192 g/mol. The molecule has 0 radical (unpaired) electrons. The van der Waals surface area contributed by atoms with E-state index < -0.39 is 12.0 Å². The maximum Gasteiger partial charge on any atom is 0.461 e. The molecular weight excluding hydrogens is 181 g/mol. The number of nitrogens with zero attached hydrogens (tertiary/aromatic N) is 2. The lowest BCUT2D eigenvalue weighted by molar-refractivity contribution is -0.263. The minimum Gasteiger partial charge on any atom is -0.271 e. The van der Waals surface area contributed by atoms with Crippen LogP contribution in [0.1, 0.15) is 13.3 Å². The van der Waals surface area contributed by atoms with Gasteiger partial charge in [-0.1, -0.05) is 6.08 Å². The molecule has 1 heterocycles. The summed E-state index contributed by atoms with van der Waals surface area (Å²) in [7, 11) is 1.01. The summed E-state index contributed by atoms with van der Waals surface area (Å²) in [5.41, 5.74) is -1.19. The number of aliphatic imine (C=N–C) groups is 1. The number of dihydropyridines is 1. The number of hydrogen-bond acceptors (Lipinski definition) is 2. The van der Waals surface area contributed by atoms with Crippen LogP contribution in [0.4, 0.5) is 13.2 Å². The Bertz CT molecular complexity index is 244. The van der Waals surface area contributed by atoms with Crippen LogP contribution >= 0.6 is 0 Å². The Kier molecular flexibility index (Phi) is 2.47. The molecule has 1 rings (SSSR count). The lowest BCUT2D eigenvalue weighted by atomic mass is 10.1. The van der Waals surface area contributed by atoms with E-state index in [1.54, 1.807) is 12.2 Å². The Morgan fingerprint density at radius 1 is 1.46 bits per heavy atom. The van der Waals surface area contributed by atoms with Crippen LogP contribution < -0.4 is 0 Å². The first-order chi connectivity index (χ1) is 5.86. The second-order valence-corrected chi connectivity index (χ2v) is 3.15. The van der Waals surface area contributed by atoms with Crippen LogP contribution in [0.15, 0.2) is 17.1 Å². The number of rotatable bonds is 1. The molecule has 0 spiro atoms. The largest absolute Gasteiger partial charge is 0.461 e. The predicted octanol–water partition coefficient (Wildman–Crippen LogP) is 2.18. The molecule has 5 heteroatoms. The molecule has 0 aromatic carbocycles. The molecule has 0 aromatic rings. The van der Waals surface area contributed by atoms with Crippen molar-refractivity contribution < 1.29 is 13.2 Å². The first-order valence-electron chi connectivity index (χ1n) is 3.87. The molecule has 1 unspecified atom stereocenters. The van der Waals surface area contributed by atoms with Gasteiger partial charge in [-0.2, -0.15) is 18.1 Å². The van der Waals surface area contributed by atoms with Gasteiger partial charge in [0.2, 0.25) is 0 Å². The molecule has 2 nitrogen and oxygen atoms in total. The second kappa shape index (κ2) is 3.14. The van der Waals surface area contributed by atoms with Crippen molar-refractivity contribution in [2.45, 2.75) is 25.3 Å². The standard InChI is InChI=1S/C8H11F3N2/c1-7(5-3-4-6-12-7)13(2)8(9,10)11/h3-4,6H,5H2,1-2H3. The highest BCUT2D eigenvalue weighted by Gasteiger charge is 2.45. The predicted molar refractivity (Wildman–Crippen MR) is 44.5 cm³/mol. The van der Waals surface area contributed by atoms with Crippen molar-refractivity contribution in [2.75, 3.05) is 7.05 Å². The summed E-state index contributed by atoms with van der Waals surface area (Å²) < 4.78 is 36.9. The molecule has 1 aliphatic heterocycles. The Morgan fingerprint density at radius 2 is 2.08 bits per heavy atom. The lowest BCUT2D eigenvalue weighted by Gasteiger charge is -2.36. The molecule has 0 aliphatic carbocycles. The van der Waals surface area contributed by atoms with Crippen LogP contribution in [-0.4, -0.2) is 30.1 Å². The quantitative estimate of drug-likeness (QED) is 0.581. The van der Waals surface area contributed by atoms with Crippen molar-refractivity contribution in [3.8, 4) is 0 Å². The van der Waals surface area contributed by atoms with Crippen molar-refractivity contribution in [3.63, 3.8) is 0 Å². The fourth-order valence-corrected chi connectivity index (χ4v) is 1.11. The summed E-state index contributed by atoms with van der Waals surface area (Å²) in [6, 6.07) is 0. The molecule has 13 heavy (non-hydrogen) atoms. The molecule has 0 saturated carbocycles. The number of hydrogen-bond donors (Lipinski definition) is 0. The summed E-state index contributed by atoms with van der Waals surface area (Å²) in [6.45, 7) is 1.46. The van der Waals surface area contributed by atoms with Gasteiger partial charge in [-0.3, -0.25) is 4.99 Å². The molecule has 0 saturated heterocycles. The average molecular weight is 192 g/mol. The van der Waals surface area contributed by atoms with Crippen LogP contribution in [-0.2, 0) is 0 Å². The van der Waals surface area contributed by atoms with E-state index in [1.807, 2.05) is 0 Å². The smallest absolute Gasteiger partial charge is 0.271 e. The van der Waals surface area contributed by atoms with Crippen molar-refractivity contribution in [2.24, 2.45) is 4.99 Å². The highest BCUT2D eigenvalue weighted by Crippen LogP contribution is 2.32. The average Bonchev–Trinajstić information content (AvgIpc) is 2.03. The van der Waals surface area contributed by atoms with E-state index in [4.69, 9.17) is 0 Å². The van der Waals surface area contributed by atoms with E-state index in [9.17, 15) is 13.2 Å². The molecule has 0 bridgehead atoms. The Balaban J connectivity index is 2.81. The van der Waals surface area contributed by atoms with Crippen molar-refractivity contribution in [1.82, 2.24) is 4.90 Å². The van der Waals surface area contributed by atoms with Gasteiger partial charge in [0.15, 0.2) is 0 Å². The van der Waals surface area contributed by atoms with Gasteiger partial charge >= 0.3 is 6.30 Å². The first kappa shape index (κ1) is 10.2. The Hall–Kier alpha value is -0.840. The number of alkyl halides is 3. The molecule has 0 amide bonds. The molecule has 74 valence electrons. The van der Waals surface area contributed by atoms with Gasteiger partial charge in [-0.25, -0.2) is 0 Å². The van der Waals surface area contributed by atoms with Crippen LogP contribution in [0.2, 0.25) is 0 Å². The maximum atomic E-state index is 12.3. The maximum absolute atomic E-state index is 12.3. The van der Waals surface area contributed by atoms with Crippen LogP contribution in [0.3, 0.4) is 0 Å². The third-order valence-electron chi connectivity index (χ3n) is 2.18. The molecular formula is C8H11F3N2. The van der Waals surface area contributed by atoms with E-state index >= 15 is 0 Å². The number of allylic oxidation sites excluding steroid dienone is 1. The molecule has 0 aromatic heterocycles. The fourth-order valence-electron chi connectivity index (χ4n) is 1.11. The van der Waals surface area contributed by atoms with E-state index in [1.165, 1.54) is 13.1 Å². The molecule has 0 fully saturated rings. The van der Waals surface area contributed by atoms with Gasteiger partial charge in [0.1, 0.15) is 5.66 Å². The summed E-state index contributed by atoms with van der Waals surface area (Å²) in [5, 5.41) is 0. The Morgan fingerprint density at radius 3 is 2.46 bits per heavy atom. The zero-order valence-corrected chi connectivity index (χ0v) is 7.47. The zero-order chi connectivity index (χ0) is 10.1. The van der Waals surface area contributed by atoms with E-state index in [0.717, 1.165) is 7.05 Å². The van der Waals surface area contributed by atoms with Crippen LogP contribution in [0.5, 0.6) is 0 Å². The van der Waals surface area contributed by atoms with Gasteiger partial charge in [0.05, 0.1) is 0 Å². The van der Waals surface area contributed by atoms with Crippen LogP contribution in [0.25, 0.3) is 0 Å². The van der Waals surface area contributed by atoms with Crippen LogP contribution in [0, 0.1) is 0 Å². The second-order valence-electron chi connectivity index (χ2n) is 3.15. The highest BCUT2D eigenvalue weighted by atomic mass is 19.4. The van der Waals surface area contributed by atoms with Gasteiger partial charge in [-0.15, -0.1) is 0 Å². The summed E-state index contributed by atoms with van der Waals surface area (Å²) >= 11 is 0. The third kappa shape index (κ3) is 2.09. The van der Waals surface area contributed by atoms with Gasteiger partial charge in [0.25, 0.3) is 0 Å². The normalized spacial score (nSPS) is 28.5. The summed E-state index contributed by atoms with van der Waals surface area (Å²) in [4.78, 5) is 4.14. The minimum absolute atomic E-state index is 0.277. The van der Waals surface area contributed by atoms with Gasteiger partial charge in [-0.05, 0) is 20.0 Å². The molecule has 1 atom stereocenters. The number of halogens is 3. The Labute approximate surface area is 74.8 Å².